The Morgan fingerprint density at radius 1 is 1.05 bits per heavy atom. The molecule has 2 rings (SSSR count). The van der Waals surface area contributed by atoms with E-state index in [-0.39, 0.29) is 5.56 Å². The van der Waals surface area contributed by atoms with Gasteiger partial charge in [0, 0.05) is 5.69 Å². The summed E-state index contributed by atoms with van der Waals surface area (Å²) in [5.74, 6) is -1.19. The van der Waals surface area contributed by atoms with Gasteiger partial charge in [-0.05, 0) is 51.0 Å². The summed E-state index contributed by atoms with van der Waals surface area (Å²) in [7, 11) is 0. The van der Waals surface area contributed by atoms with Crippen LogP contribution in [0.2, 0.25) is 0 Å². The first-order valence-electron chi connectivity index (χ1n) is 6.37. The van der Waals surface area contributed by atoms with Gasteiger partial charge >= 0.3 is 5.97 Å². The Kier molecular flexibility index (Phi) is 3.49. The van der Waals surface area contributed by atoms with E-state index in [1.165, 1.54) is 4.57 Å². The topological polar surface area (TPSA) is 59.3 Å². The number of carboxylic acid groups (broad SMARTS) is 1. The van der Waals surface area contributed by atoms with E-state index in [0.29, 0.717) is 5.56 Å². The second-order valence-electron chi connectivity index (χ2n) is 5.08. The van der Waals surface area contributed by atoms with Crippen molar-refractivity contribution in [2.75, 3.05) is 0 Å². The molecule has 104 valence electrons. The fraction of sp³-hybridized carbons (Fsp3) is 0.250. The maximum atomic E-state index is 12.5. The Bertz CT molecular complexity index is 757. The van der Waals surface area contributed by atoms with Gasteiger partial charge in [-0.15, -0.1) is 0 Å². The lowest BCUT2D eigenvalue weighted by Crippen LogP contribution is -2.28. The second-order valence-corrected chi connectivity index (χ2v) is 5.08. The first-order valence-corrected chi connectivity index (χ1v) is 6.37. The molecule has 0 amide bonds. The highest BCUT2D eigenvalue weighted by atomic mass is 16.4. The first-order chi connectivity index (χ1) is 9.32. The zero-order chi connectivity index (χ0) is 15.0. The largest absolute Gasteiger partial charge is 0.477 e. The molecule has 0 aliphatic heterocycles. The van der Waals surface area contributed by atoms with Crippen LogP contribution in [-0.2, 0) is 0 Å². The van der Waals surface area contributed by atoms with E-state index in [9.17, 15) is 14.7 Å². The Labute approximate surface area is 117 Å². The third-order valence-corrected chi connectivity index (χ3v) is 3.40. The third kappa shape index (κ3) is 2.25. The van der Waals surface area contributed by atoms with Crippen molar-refractivity contribution in [3.63, 3.8) is 0 Å². The summed E-state index contributed by atoms with van der Waals surface area (Å²) in [5, 5.41) is 9.21. The van der Waals surface area contributed by atoms with E-state index >= 15 is 0 Å². The van der Waals surface area contributed by atoms with Crippen LogP contribution >= 0.6 is 0 Å². The van der Waals surface area contributed by atoms with Gasteiger partial charge in [0.2, 0.25) is 0 Å². The number of hydrogen-bond donors (Lipinski definition) is 1. The fourth-order valence-electron chi connectivity index (χ4n) is 2.51. The van der Waals surface area contributed by atoms with Gasteiger partial charge in [-0.25, -0.2) is 4.79 Å². The molecule has 0 saturated carbocycles. The van der Waals surface area contributed by atoms with Crippen LogP contribution in [0, 0.1) is 27.7 Å². The van der Waals surface area contributed by atoms with Crippen LogP contribution < -0.4 is 5.56 Å². The van der Waals surface area contributed by atoms with Crippen LogP contribution in [0.3, 0.4) is 0 Å². The minimum Gasteiger partial charge on any atom is -0.477 e. The van der Waals surface area contributed by atoms with Crippen LogP contribution in [0.25, 0.3) is 5.69 Å². The number of aromatic nitrogens is 1. The van der Waals surface area contributed by atoms with Crippen LogP contribution in [0.5, 0.6) is 0 Å². The van der Waals surface area contributed by atoms with E-state index in [0.717, 1.165) is 22.5 Å². The summed E-state index contributed by atoms with van der Waals surface area (Å²) in [4.78, 5) is 23.7. The first kappa shape index (κ1) is 14.1. The molecule has 0 unspecified atom stereocenters. The van der Waals surface area contributed by atoms with E-state index < -0.39 is 11.5 Å². The second kappa shape index (κ2) is 4.96. The van der Waals surface area contributed by atoms with Crippen LogP contribution in [0.4, 0.5) is 0 Å². The summed E-state index contributed by atoms with van der Waals surface area (Å²) in [5.41, 5.74) is 3.32. The molecule has 0 spiro atoms. The summed E-state index contributed by atoms with van der Waals surface area (Å²) in [6, 6.07) is 7.46. The van der Waals surface area contributed by atoms with Gasteiger partial charge in [0.05, 0.1) is 5.69 Å². The maximum absolute atomic E-state index is 12.5. The molecule has 1 heterocycles. The van der Waals surface area contributed by atoms with E-state index in [2.05, 4.69) is 0 Å². The zero-order valence-corrected chi connectivity index (χ0v) is 12.0. The number of carboxylic acids is 1. The van der Waals surface area contributed by atoms with Crippen molar-refractivity contribution in [1.29, 1.82) is 0 Å². The number of nitrogens with zero attached hydrogens (tertiary/aromatic N) is 1. The van der Waals surface area contributed by atoms with Crippen molar-refractivity contribution >= 4 is 5.97 Å². The summed E-state index contributed by atoms with van der Waals surface area (Å²) in [6.07, 6.45) is 0. The predicted molar refractivity (Wildman–Crippen MR) is 77.9 cm³/mol. The lowest BCUT2D eigenvalue weighted by molar-refractivity contribution is 0.0693. The highest BCUT2D eigenvalue weighted by molar-refractivity contribution is 5.89. The number of aromatic carboxylic acids is 1. The molecule has 20 heavy (non-hydrogen) atoms. The number of aryl methyl sites for hydroxylation is 4. The van der Waals surface area contributed by atoms with Crippen molar-refractivity contribution in [1.82, 2.24) is 4.57 Å². The SMILES string of the molecule is Cc1ccc(-n2c(C)cc(C)c(C(=O)O)c2=O)c(C)c1. The minimum absolute atomic E-state index is 0.171. The van der Waals surface area contributed by atoms with Crippen molar-refractivity contribution in [2.45, 2.75) is 27.7 Å². The molecule has 0 bridgehead atoms. The molecule has 0 fully saturated rings. The zero-order valence-electron chi connectivity index (χ0n) is 12.0. The third-order valence-electron chi connectivity index (χ3n) is 3.40. The number of hydrogen-bond acceptors (Lipinski definition) is 2. The lowest BCUT2D eigenvalue weighted by Gasteiger charge is -2.15. The number of carbonyl (C=O) groups is 1. The average molecular weight is 271 g/mol. The Hall–Kier alpha value is -2.36. The fourth-order valence-corrected chi connectivity index (χ4v) is 2.51. The highest BCUT2D eigenvalue weighted by Gasteiger charge is 2.18. The molecule has 0 radical (unpaired) electrons. The van der Waals surface area contributed by atoms with Gasteiger partial charge in [0.25, 0.3) is 5.56 Å². The molecule has 4 nitrogen and oxygen atoms in total. The van der Waals surface area contributed by atoms with Crippen molar-refractivity contribution in [3.8, 4) is 5.69 Å². The van der Waals surface area contributed by atoms with E-state index in [1.54, 1.807) is 19.9 Å². The van der Waals surface area contributed by atoms with Gasteiger partial charge in [-0.2, -0.15) is 0 Å². The summed E-state index contributed by atoms with van der Waals surface area (Å²) >= 11 is 0. The number of pyridine rings is 1. The van der Waals surface area contributed by atoms with Gasteiger partial charge in [-0.1, -0.05) is 17.7 Å². The molecule has 1 N–H and O–H groups in total. The molecule has 1 aromatic carbocycles. The Balaban J connectivity index is 2.84. The molecule has 0 aliphatic rings. The van der Waals surface area contributed by atoms with Crippen molar-refractivity contribution in [3.05, 3.63) is 62.6 Å². The molecular formula is C16H17NO3. The molecule has 2 aromatic rings. The highest BCUT2D eigenvalue weighted by Crippen LogP contribution is 2.17. The smallest absolute Gasteiger partial charge is 0.341 e. The standard InChI is InChI=1S/C16H17NO3/c1-9-5-6-13(10(2)7-9)17-12(4)8-11(3)14(15(17)18)16(19)20/h5-8H,1-4H3,(H,19,20). The molecule has 1 aromatic heterocycles. The van der Waals surface area contributed by atoms with Crippen LogP contribution in [-0.4, -0.2) is 15.6 Å². The van der Waals surface area contributed by atoms with E-state index in [4.69, 9.17) is 0 Å². The molecule has 0 atom stereocenters. The number of rotatable bonds is 2. The lowest BCUT2D eigenvalue weighted by atomic mass is 10.1. The Morgan fingerprint density at radius 3 is 2.25 bits per heavy atom. The van der Waals surface area contributed by atoms with Gasteiger partial charge in [-0.3, -0.25) is 9.36 Å². The maximum Gasteiger partial charge on any atom is 0.341 e. The molecule has 0 aliphatic carbocycles. The van der Waals surface area contributed by atoms with Crippen LogP contribution in [0.1, 0.15) is 32.7 Å². The van der Waals surface area contributed by atoms with Gasteiger partial charge < -0.3 is 5.11 Å². The number of benzene rings is 1. The summed E-state index contributed by atoms with van der Waals surface area (Å²) in [6.45, 7) is 7.34. The average Bonchev–Trinajstić information content (AvgIpc) is 2.30. The monoisotopic (exact) mass is 271 g/mol. The quantitative estimate of drug-likeness (QED) is 0.913. The molecule has 0 saturated heterocycles. The van der Waals surface area contributed by atoms with Gasteiger partial charge in [0.15, 0.2) is 0 Å². The molecular weight excluding hydrogens is 254 g/mol. The van der Waals surface area contributed by atoms with Crippen LogP contribution in [0.15, 0.2) is 29.1 Å². The van der Waals surface area contributed by atoms with Gasteiger partial charge in [0.1, 0.15) is 5.56 Å². The molecule has 4 heteroatoms. The van der Waals surface area contributed by atoms with Crippen molar-refractivity contribution < 1.29 is 9.90 Å². The predicted octanol–water partition coefficient (Wildman–Crippen LogP) is 2.77. The summed E-state index contributed by atoms with van der Waals surface area (Å²) < 4.78 is 1.46. The van der Waals surface area contributed by atoms with Crippen molar-refractivity contribution in [2.24, 2.45) is 0 Å². The Morgan fingerprint density at radius 2 is 1.70 bits per heavy atom. The normalized spacial score (nSPS) is 10.6. The van der Waals surface area contributed by atoms with E-state index in [1.807, 2.05) is 32.0 Å². The minimum atomic E-state index is -1.19.